The van der Waals surface area contributed by atoms with Crippen LogP contribution in [0, 0.1) is 11.3 Å². The Morgan fingerprint density at radius 1 is 1.32 bits per heavy atom. The second kappa shape index (κ2) is 11.7. The fraction of sp³-hybridized carbons (Fsp3) is 0.708. The van der Waals surface area contributed by atoms with E-state index in [-0.39, 0.29) is 12.0 Å². The van der Waals surface area contributed by atoms with Crippen molar-refractivity contribution in [3.63, 3.8) is 0 Å². The summed E-state index contributed by atoms with van der Waals surface area (Å²) in [5, 5.41) is 16.5. The molecule has 0 aromatic heterocycles. The number of benzene rings is 1. The van der Waals surface area contributed by atoms with E-state index in [1.807, 2.05) is 0 Å². The first-order valence-electron chi connectivity index (χ1n) is 11.7. The van der Waals surface area contributed by atoms with Crippen molar-refractivity contribution in [1.29, 1.82) is 0 Å². The number of methoxy groups -OCH3 is 1. The van der Waals surface area contributed by atoms with E-state index >= 15 is 0 Å². The molecule has 2 saturated heterocycles. The molecule has 7 heteroatoms. The van der Waals surface area contributed by atoms with Crippen LogP contribution < -0.4 is 15.4 Å². The predicted molar refractivity (Wildman–Crippen MR) is 125 cm³/mol. The Hall–Kier alpha value is -1.83. The minimum Gasteiger partial charge on any atom is -0.497 e. The molecular formula is C24H40N4O3. The van der Waals surface area contributed by atoms with Gasteiger partial charge < -0.3 is 25.2 Å². The molecule has 2 fully saturated rings. The minimum absolute atomic E-state index is 0.0339. The standard InChI is InChI=1S/C24H40N4O3/c1-4-25-23(27-17-24(11-14-29)12-15-31-18-24)26-16-20-6-5-13-28(2)22(20)19-7-9-21(30-3)10-8-19/h7-10,20,22,29H,4-6,11-18H2,1-3H3,(H2,25,26,27). The lowest BCUT2D eigenvalue weighted by Crippen LogP contribution is -2.45. The highest BCUT2D eigenvalue weighted by molar-refractivity contribution is 5.79. The Bertz CT molecular complexity index is 689. The smallest absolute Gasteiger partial charge is 0.191 e. The van der Waals surface area contributed by atoms with E-state index in [0.29, 0.717) is 25.1 Å². The van der Waals surface area contributed by atoms with Crippen LogP contribution in [0.5, 0.6) is 5.75 Å². The number of nitrogens with one attached hydrogen (secondary N) is 2. The van der Waals surface area contributed by atoms with Gasteiger partial charge in [-0.15, -0.1) is 0 Å². The average Bonchev–Trinajstić information content (AvgIpc) is 3.25. The Morgan fingerprint density at radius 3 is 2.77 bits per heavy atom. The average molecular weight is 433 g/mol. The summed E-state index contributed by atoms with van der Waals surface area (Å²) in [4.78, 5) is 7.35. The summed E-state index contributed by atoms with van der Waals surface area (Å²) < 4.78 is 11.0. The van der Waals surface area contributed by atoms with E-state index in [4.69, 9.17) is 14.5 Å². The summed E-state index contributed by atoms with van der Waals surface area (Å²) in [6, 6.07) is 8.86. The third-order valence-electron chi connectivity index (χ3n) is 6.74. The molecule has 0 spiro atoms. The first-order valence-corrected chi connectivity index (χ1v) is 11.7. The van der Waals surface area contributed by atoms with Gasteiger partial charge in [0.15, 0.2) is 5.96 Å². The molecule has 3 atom stereocenters. The van der Waals surface area contributed by atoms with E-state index in [2.05, 4.69) is 53.8 Å². The second-order valence-corrected chi connectivity index (χ2v) is 8.95. The molecule has 3 unspecified atom stereocenters. The third kappa shape index (κ3) is 6.34. The molecule has 3 rings (SSSR count). The van der Waals surface area contributed by atoms with Crippen LogP contribution in [0.2, 0.25) is 0 Å². The maximum atomic E-state index is 9.48. The minimum atomic E-state index is -0.0339. The molecule has 2 heterocycles. The van der Waals surface area contributed by atoms with Crippen molar-refractivity contribution in [2.75, 3.05) is 60.2 Å². The number of aliphatic hydroxyl groups excluding tert-OH is 1. The molecule has 0 radical (unpaired) electrons. The summed E-state index contributed by atoms with van der Waals surface area (Å²) in [6.45, 7) is 7.20. The van der Waals surface area contributed by atoms with E-state index in [1.165, 1.54) is 18.4 Å². The molecule has 2 aliphatic heterocycles. The van der Waals surface area contributed by atoms with Gasteiger partial charge in [-0.05, 0) is 69.8 Å². The molecule has 7 nitrogen and oxygen atoms in total. The molecule has 1 aromatic rings. The zero-order chi connectivity index (χ0) is 22.1. The number of guanidine groups is 1. The van der Waals surface area contributed by atoms with Crippen LogP contribution in [0.1, 0.15) is 44.2 Å². The number of ether oxygens (including phenoxy) is 2. The van der Waals surface area contributed by atoms with Crippen LogP contribution in [0.3, 0.4) is 0 Å². The van der Waals surface area contributed by atoms with Crippen LogP contribution >= 0.6 is 0 Å². The highest BCUT2D eigenvalue weighted by Crippen LogP contribution is 2.35. The van der Waals surface area contributed by atoms with Gasteiger partial charge in [-0.25, -0.2) is 0 Å². The lowest BCUT2D eigenvalue weighted by molar-refractivity contribution is 0.122. The Morgan fingerprint density at radius 2 is 2.13 bits per heavy atom. The lowest BCUT2D eigenvalue weighted by atomic mass is 9.84. The van der Waals surface area contributed by atoms with Crippen molar-refractivity contribution >= 4 is 5.96 Å². The summed E-state index contributed by atoms with van der Waals surface area (Å²) in [5.74, 6) is 2.25. The van der Waals surface area contributed by atoms with Gasteiger partial charge in [0.2, 0.25) is 0 Å². The van der Waals surface area contributed by atoms with Gasteiger partial charge in [-0.3, -0.25) is 9.89 Å². The van der Waals surface area contributed by atoms with E-state index in [1.54, 1.807) is 7.11 Å². The zero-order valence-electron chi connectivity index (χ0n) is 19.4. The largest absolute Gasteiger partial charge is 0.497 e. The number of piperidine rings is 1. The van der Waals surface area contributed by atoms with Gasteiger partial charge in [-0.1, -0.05) is 12.1 Å². The molecule has 1 aromatic carbocycles. The van der Waals surface area contributed by atoms with Crippen LogP contribution in [-0.2, 0) is 4.74 Å². The number of hydrogen-bond donors (Lipinski definition) is 3. The summed E-state index contributed by atoms with van der Waals surface area (Å²) in [5.41, 5.74) is 1.30. The van der Waals surface area contributed by atoms with Crippen molar-refractivity contribution in [3.05, 3.63) is 29.8 Å². The highest BCUT2D eigenvalue weighted by atomic mass is 16.5. The number of aliphatic imine (C=N–C) groups is 1. The van der Waals surface area contributed by atoms with Gasteiger partial charge in [0.05, 0.1) is 20.3 Å². The molecule has 0 saturated carbocycles. The van der Waals surface area contributed by atoms with Gasteiger partial charge in [-0.2, -0.15) is 0 Å². The summed E-state index contributed by atoms with van der Waals surface area (Å²) >= 11 is 0. The van der Waals surface area contributed by atoms with E-state index in [0.717, 1.165) is 50.8 Å². The molecule has 0 bridgehead atoms. The van der Waals surface area contributed by atoms with Crippen molar-refractivity contribution < 1.29 is 14.6 Å². The molecule has 0 amide bonds. The molecule has 174 valence electrons. The second-order valence-electron chi connectivity index (χ2n) is 8.95. The molecule has 31 heavy (non-hydrogen) atoms. The molecule has 3 N–H and O–H groups in total. The monoisotopic (exact) mass is 432 g/mol. The predicted octanol–water partition coefficient (Wildman–Crippen LogP) is 2.42. The number of hydrogen-bond acceptors (Lipinski definition) is 5. The van der Waals surface area contributed by atoms with Crippen LogP contribution in [-0.4, -0.2) is 76.1 Å². The van der Waals surface area contributed by atoms with Gasteiger partial charge in [0.1, 0.15) is 5.75 Å². The molecule has 2 aliphatic rings. The quantitative estimate of drug-likeness (QED) is 0.411. The van der Waals surface area contributed by atoms with Gasteiger partial charge in [0.25, 0.3) is 0 Å². The van der Waals surface area contributed by atoms with E-state index < -0.39 is 0 Å². The number of rotatable bonds is 9. The van der Waals surface area contributed by atoms with Gasteiger partial charge >= 0.3 is 0 Å². The van der Waals surface area contributed by atoms with Crippen molar-refractivity contribution in [2.45, 2.75) is 38.6 Å². The Kier molecular flexibility index (Phi) is 8.99. The molecule has 0 aliphatic carbocycles. The summed E-state index contributed by atoms with van der Waals surface area (Å²) in [6.07, 6.45) is 4.10. The zero-order valence-corrected chi connectivity index (χ0v) is 19.4. The van der Waals surface area contributed by atoms with Crippen molar-refractivity contribution in [3.8, 4) is 5.75 Å². The van der Waals surface area contributed by atoms with Crippen molar-refractivity contribution in [1.82, 2.24) is 15.5 Å². The maximum absolute atomic E-state index is 9.48. The fourth-order valence-corrected chi connectivity index (χ4v) is 4.91. The number of aliphatic hydroxyl groups is 1. The van der Waals surface area contributed by atoms with Crippen LogP contribution in [0.15, 0.2) is 29.3 Å². The lowest BCUT2D eigenvalue weighted by Gasteiger charge is -2.40. The third-order valence-corrected chi connectivity index (χ3v) is 6.74. The fourth-order valence-electron chi connectivity index (χ4n) is 4.91. The van der Waals surface area contributed by atoms with Crippen LogP contribution in [0.25, 0.3) is 0 Å². The maximum Gasteiger partial charge on any atom is 0.191 e. The SMILES string of the molecule is CCNC(=NCC1(CCO)CCOC1)NCC1CCCN(C)C1c1ccc(OC)cc1. The normalized spacial score (nSPS) is 27.3. The topological polar surface area (TPSA) is 78.4 Å². The Labute approximate surface area is 187 Å². The highest BCUT2D eigenvalue weighted by Gasteiger charge is 2.34. The van der Waals surface area contributed by atoms with E-state index in [9.17, 15) is 5.11 Å². The van der Waals surface area contributed by atoms with Crippen LogP contribution in [0.4, 0.5) is 0 Å². The summed E-state index contributed by atoms with van der Waals surface area (Å²) in [7, 11) is 3.93. The number of likely N-dealkylation sites (tertiary alicyclic amines) is 1. The number of nitrogens with zero attached hydrogens (tertiary/aromatic N) is 2. The van der Waals surface area contributed by atoms with Gasteiger partial charge in [0, 0.05) is 37.8 Å². The molecular weight excluding hydrogens is 392 g/mol. The van der Waals surface area contributed by atoms with Crippen molar-refractivity contribution in [2.24, 2.45) is 16.3 Å². The first kappa shape index (κ1) is 23.8. The Balaban J connectivity index is 1.67. The first-order chi connectivity index (χ1) is 15.1.